The van der Waals surface area contributed by atoms with Gasteiger partial charge in [-0.25, -0.2) is 0 Å². The van der Waals surface area contributed by atoms with E-state index in [1.165, 1.54) is 5.56 Å². The number of amides is 1. The first-order chi connectivity index (χ1) is 11.7. The van der Waals surface area contributed by atoms with E-state index >= 15 is 0 Å². The highest BCUT2D eigenvalue weighted by atomic mass is 16.3. The lowest BCUT2D eigenvalue weighted by Gasteiger charge is -2.22. The number of rotatable bonds is 6. The standard InChI is InChI=1S/C20H24N2O2/c23-18-11-12-22(14-18)15-20(24)21-19(17-9-5-2-6-10-17)13-16-7-3-1-4-8-16/h1-10,18-19,23H,11-15H2,(H,21,24)/t18-,19?/m0/s1. The Labute approximate surface area is 143 Å². The van der Waals surface area contributed by atoms with Gasteiger partial charge in [0.25, 0.3) is 0 Å². The average Bonchev–Trinajstić information content (AvgIpc) is 3.01. The van der Waals surface area contributed by atoms with Crippen LogP contribution in [-0.4, -0.2) is 41.7 Å². The molecule has 2 N–H and O–H groups in total. The second-order valence-corrected chi connectivity index (χ2v) is 6.40. The molecule has 4 heteroatoms. The highest BCUT2D eigenvalue weighted by Gasteiger charge is 2.23. The average molecular weight is 324 g/mol. The molecule has 1 saturated heterocycles. The maximum Gasteiger partial charge on any atom is 0.234 e. The second-order valence-electron chi connectivity index (χ2n) is 6.40. The third-order valence-corrected chi connectivity index (χ3v) is 4.43. The predicted octanol–water partition coefficient (Wildman–Crippen LogP) is 2.15. The van der Waals surface area contributed by atoms with Crippen molar-refractivity contribution in [2.24, 2.45) is 0 Å². The van der Waals surface area contributed by atoms with Gasteiger partial charge in [-0.05, 0) is 24.0 Å². The minimum absolute atomic E-state index is 0.00823. The Hall–Kier alpha value is -2.17. The van der Waals surface area contributed by atoms with Crippen LogP contribution in [0.2, 0.25) is 0 Å². The zero-order valence-corrected chi connectivity index (χ0v) is 13.8. The van der Waals surface area contributed by atoms with Crippen LogP contribution in [0.4, 0.5) is 0 Å². The summed E-state index contributed by atoms with van der Waals surface area (Å²) in [5.41, 5.74) is 2.31. The fourth-order valence-corrected chi connectivity index (χ4v) is 3.19. The molecule has 0 aliphatic carbocycles. The molecule has 1 aliphatic rings. The summed E-state index contributed by atoms with van der Waals surface area (Å²) in [6.45, 7) is 1.71. The number of aliphatic hydroxyl groups is 1. The van der Waals surface area contributed by atoms with E-state index in [0.29, 0.717) is 13.1 Å². The van der Waals surface area contributed by atoms with Gasteiger partial charge in [0.15, 0.2) is 0 Å². The molecule has 1 heterocycles. The van der Waals surface area contributed by atoms with E-state index in [1.54, 1.807) is 0 Å². The van der Waals surface area contributed by atoms with Crippen molar-refractivity contribution in [1.29, 1.82) is 0 Å². The minimum Gasteiger partial charge on any atom is -0.392 e. The molecule has 0 radical (unpaired) electrons. The van der Waals surface area contributed by atoms with Gasteiger partial charge in [0, 0.05) is 13.1 Å². The van der Waals surface area contributed by atoms with Crippen LogP contribution in [-0.2, 0) is 11.2 Å². The summed E-state index contributed by atoms with van der Waals surface area (Å²) in [4.78, 5) is 14.4. The maximum atomic E-state index is 12.4. The van der Waals surface area contributed by atoms with Crippen molar-refractivity contribution >= 4 is 5.91 Å². The number of nitrogens with one attached hydrogen (secondary N) is 1. The van der Waals surface area contributed by atoms with Gasteiger partial charge in [0.2, 0.25) is 5.91 Å². The molecule has 0 spiro atoms. The minimum atomic E-state index is -0.299. The van der Waals surface area contributed by atoms with E-state index < -0.39 is 0 Å². The number of carbonyl (C=O) groups excluding carboxylic acids is 1. The summed E-state index contributed by atoms with van der Waals surface area (Å²) >= 11 is 0. The molecule has 0 saturated carbocycles. The molecule has 4 nitrogen and oxygen atoms in total. The van der Waals surface area contributed by atoms with Gasteiger partial charge < -0.3 is 10.4 Å². The number of hydrogen-bond acceptors (Lipinski definition) is 3. The van der Waals surface area contributed by atoms with Crippen molar-refractivity contribution in [3.05, 3.63) is 71.8 Å². The molecule has 24 heavy (non-hydrogen) atoms. The number of likely N-dealkylation sites (tertiary alicyclic amines) is 1. The summed E-state index contributed by atoms with van der Waals surface area (Å²) in [5, 5.41) is 12.8. The highest BCUT2D eigenvalue weighted by Crippen LogP contribution is 2.18. The summed E-state index contributed by atoms with van der Waals surface area (Å²) in [5.74, 6) is 0.00823. The fraction of sp³-hybridized carbons (Fsp3) is 0.350. The fourth-order valence-electron chi connectivity index (χ4n) is 3.19. The lowest BCUT2D eigenvalue weighted by molar-refractivity contribution is -0.122. The zero-order valence-electron chi connectivity index (χ0n) is 13.8. The van der Waals surface area contributed by atoms with Crippen LogP contribution < -0.4 is 5.32 Å². The maximum absolute atomic E-state index is 12.4. The first-order valence-corrected chi connectivity index (χ1v) is 8.49. The van der Waals surface area contributed by atoms with Crippen molar-refractivity contribution < 1.29 is 9.90 Å². The summed E-state index contributed by atoms with van der Waals surface area (Å²) in [6.07, 6.45) is 1.21. The van der Waals surface area contributed by atoms with Crippen molar-refractivity contribution in [3.63, 3.8) is 0 Å². The quantitative estimate of drug-likeness (QED) is 0.856. The summed E-state index contributed by atoms with van der Waals surface area (Å²) in [6, 6.07) is 20.2. The van der Waals surface area contributed by atoms with Gasteiger partial charge in [0.1, 0.15) is 0 Å². The third-order valence-electron chi connectivity index (χ3n) is 4.43. The third kappa shape index (κ3) is 4.66. The molecule has 126 valence electrons. The molecule has 2 aromatic carbocycles. The van der Waals surface area contributed by atoms with E-state index in [2.05, 4.69) is 17.4 Å². The van der Waals surface area contributed by atoms with Gasteiger partial charge in [-0.2, -0.15) is 0 Å². The Morgan fingerprint density at radius 2 is 1.79 bits per heavy atom. The van der Waals surface area contributed by atoms with Crippen molar-refractivity contribution in [2.45, 2.75) is 25.0 Å². The van der Waals surface area contributed by atoms with Crippen LogP contribution in [0.25, 0.3) is 0 Å². The smallest absolute Gasteiger partial charge is 0.234 e. The first-order valence-electron chi connectivity index (χ1n) is 8.49. The lowest BCUT2D eigenvalue weighted by atomic mass is 9.99. The van der Waals surface area contributed by atoms with Gasteiger partial charge in [0.05, 0.1) is 18.7 Å². The number of β-amino-alcohol motifs (C(OH)–C–C–N with tert-alkyl or cyclic N) is 1. The second kappa shape index (κ2) is 8.08. The van der Waals surface area contributed by atoms with Gasteiger partial charge in [-0.15, -0.1) is 0 Å². The topological polar surface area (TPSA) is 52.6 Å². The molecular formula is C20H24N2O2. The SMILES string of the molecule is O=C(CN1CC[C@H](O)C1)NC(Cc1ccccc1)c1ccccc1. The molecule has 1 unspecified atom stereocenters. The van der Waals surface area contributed by atoms with Gasteiger partial charge in [-0.3, -0.25) is 9.69 Å². The first kappa shape index (κ1) is 16.7. The Morgan fingerprint density at radius 1 is 1.12 bits per heavy atom. The van der Waals surface area contributed by atoms with Crippen LogP contribution in [0.5, 0.6) is 0 Å². The molecular weight excluding hydrogens is 300 g/mol. The summed E-state index contributed by atoms with van der Waals surface area (Å²) < 4.78 is 0. The van der Waals surface area contributed by atoms with Crippen LogP contribution in [0.3, 0.4) is 0 Å². The van der Waals surface area contributed by atoms with Crippen LogP contribution in [0.15, 0.2) is 60.7 Å². The van der Waals surface area contributed by atoms with Crippen molar-refractivity contribution in [2.75, 3.05) is 19.6 Å². The van der Waals surface area contributed by atoms with E-state index in [0.717, 1.165) is 24.9 Å². The number of benzene rings is 2. The molecule has 1 amide bonds. The Balaban J connectivity index is 1.66. The van der Waals surface area contributed by atoms with Gasteiger partial charge in [-0.1, -0.05) is 60.7 Å². The largest absolute Gasteiger partial charge is 0.392 e. The number of nitrogens with zero attached hydrogens (tertiary/aromatic N) is 1. The molecule has 2 atom stereocenters. The van der Waals surface area contributed by atoms with Crippen molar-refractivity contribution in [1.82, 2.24) is 10.2 Å². The van der Waals surface area contributed by atoms with E-state index in [1.807, 2.05) is 53.4 Å². The Bertz CT molecular complexity index is 645. The molecule has 3 rings (SSSR count). The molecule has 2 aromatic rings. The Morgan fingerprint density at radius 3 is 2.42 bits per heavy atom. The van der Waals surface area contributed by atoms with Crippen LogP contribution >= 0.6 is 0 Å². The highest BCUT2D eigenvalue weighted by molar-refractivity contribution is 5.78. The molecule has 1 fully saturated rings. The molecule has 1 aliphatic heterocycles. The normalized spacial score (nSPS) is 19.1. The predicted molar refractivity (Wildman–Crippen MR) is 94.5 cm³/mol. The summed E-state index contributed by atoms with van der Waals surface area (Å²) in [7, 11) is 0. The van der Waals surface area contributed by atoms with Crippen LogP contribution in [0.1, 0.15) is 23.6 Å². The number of aliphatic hydroxyl groups excluding tert-OH is 1. The van der Waals surface area contributed by atoms with Crippen LogP contribution in [0, 0.1) is 0 Å². The van der Waals surface area contributed by atoms with E-state index in [-0.39, 0.29) is 18.1 Å². The molecule has 0 aromatic heterocycles. The molecule has 0 bridgehead atoms. The Kier molecular flexibility index (Phi) is 5.62. The number of carbonyl (C=O) groups is 1. The van der Waals surface area contributed by atoms with Crippen molar-refractivity contribution in [3.8, 4) is 0 Å². The number of hydrogen-bond donors (Lipinski definition) is 2. The van der Waals surface area contributed by atoms with E-state index in [4.69, 9.17) is 0 Å². The van der Waals surface area contributed by atoms with Gasteiger partial charge >= 0.3 is 0 Å². The monoisotopic (exact) mass is 324 g/mol. The van der Waals surface area contributed by atoms with E-state index in [9.17, 15) is 9.90 Å². The zero-order chi connectivity index (χ0) is 16.8. The lowest BCUT2D eigenvalue weighted by Crippen LogP contribution is -2.39.